The summed E-state index contributed by atoms with van der Waals surface area (Å²) in [5, 5.41) is 0. The third-order valence-corrected chi connectivity index (χ3v) is 0. The molecule has 0 aliphatic rings. The van der Waals surface area contributed by atoms with Crippen LogP contribution in [0.1, 0.15) is 0 Å². The summed E-state index contributed by atoms with van der Waals surface area (Å²) in [6, 6.07) is 0. The average molecular weight is 357 g/mol. The van der Waals surface area contributed by atoms with Gasteiger partial charge in [-0.25, -0.2) is 0 Å². The van der Waals surface area contributed by atoms with Crippen molar-refractivity contribution in [3.8, 4) is 0 Å². The van der Waals surface area contributed by atoms with E-state index in [1.165, 1.54) is 0 Å². The van der Waals surface area contributed by atoms with Crippen LogP contribution in [-0.2, 0) is 45.9 Å². The first-order chi connectivity index (χ1) is 0. The molecule has 0 aromatic rings. The third-order valence-electron chi connectivity index (χ3n) is 0. The Balaban J connectivity index is 0. The van der Waals surface area contributed by atoms with E-state index >= 15 is 0 Å². The van der Waals surface area contributed by atoms with E-state index in [2.05, 4.69) is 0 Å². The van der Waals surface area contributed by atoms with Crippen LogP contribution in [0, 0.1) is 35.6 Å². The van der Waals surface area contributed by atoms with Gasteiger partial charge in [0, 0.05) is 18.6 Å². The first-order valence-electron chi connectivity index (χ1n) is 0. The SMILES string of the molecule is [La+3].[O-2].[O-2].[O-2].[O-2].[O-2].[Sr+2].[V]. The normalized spacial score (nSPS) is 0. The Bertz CT molecular complexity index is 12.4. The average Bonchev–Trinajstić information content (AvgIpc) is 0. The molecule has 0 aromatic heterocycles. The van der Waals surface area contributed by atoms with Crippen molar-refractivity contribution in [3.05, 3.63) is 0 Å². The summed E-state index contributed by atoms with van der Waals surface area (Å²) in [4.78, 5) is 0. The van der Waals surface area contributed by atoms with E-state index in [0.717, 1.165) is 0 Å². The molecular formula is LaO5SrV-5. The summed E-state index contributed by atoms with van der Waals surface area (Å²) >= 11 is 0. The Morgan fingerprint density at radius 1 is 0.500 bits per heavy atom. The van der Waals surface area contributed by atoms with Gasteiger partial charge >= 0.3 is 81.1 Å². The minimum absolute atomic E-state index is 0. The Kier molecular flexibility index (Phi) is 1320. The molecule has 0 saturated heterocycles. The first-order valence-corrected chi connectivity index (χ1v) is 0. The predicted octanol–water partition coefficient (Wildman–Crippen LogP) is -0.977. The summed E-state index contributed by atoms with van der Waals surface area (Å²) in [6.45, 7) is 0. The van der Waals surface area contributed by atoms with Crippen LogP contribution in [0.25, 0.3) is 0 Å². The molecule has 0 aliphatic heterocycles. The molecule has 0 rings (SSSR count). The van der Waals surface area contributed by atoms with E-state index in [1.54, 1.807) is 0 Å². The molecule has 0 aromatic carbocycles. The monoisotopic (exact) mass is 358 g/mol. The fraction of sp³-hybridized carbons (Fsp3) is 0. The van der Waals surface area contributed by atoms with Crippen molar-refractivity contribution in [2.45, 2.75) is 0 Å². The van der Waals surface area contributed by atoms with Gasteiger partial charge in [0.2, 0.25) is 0 Å². The molecule has 0 aliphatic carbocycles. The fourth-order valence-corrected chi connectivity index (χ4v) is 0. The van der Waals surface area contributed by atoms with Crippen LogP contribution >= 0.6 is 0 Å². The number of rotatable bonds is 0. The molecule has 0 amide bonds. The topological polar surface area (TPSA) is 142 Å². The first kappa shape index (κ1) is 120. The molecule has 0 N–H and O–H groups in total. The minimum Gasteiger partial charge on any atom is -2.00 e. The molecule has 0 saturated carbocycles. The second-order valence-corrected chi connectivity index (χ2v) is 0. The van der Waals surface area contributed by atoms with Crippen LogP contribution < -0.4 is 0 Å². The second-order valence-electron chi connectivity index (χ2n) is 0. The van der Waals surface area contributed by atoms with E-state index in [4.69, 9.17) is 0 Å². The van der Waals surface area contributed by atoms with Crippen molar-refractivity contribution in [1.29, 1.82) is 0 Å². The summed E-state index contributed by atoms with van der Waals surface area (Å²) < 4.78 is 0. The summed E-state index contributed by atoms with van der Waals surface area (Å²) in [5.74, 6) is 0. The molecular weight excluding hydrogens is 357 g/mol. The van der Waals surface area contributed by atoms with Gasteiger partial charge in [-0.15, -0.1) is 0 Å². The molecule has 0 heterocycles. The van der Waals surface area contributed by atoms with Crippen molar-refractivity contribution in [3.63, 3.8) is 0 Å². The van der Waals surface area contributed by atoms with Gasteiger partial charge in [0.25, 0.3) is 0 Å². The minimum atomic E-state index is 0. The molecule has 45 valence electrons. The summed E-state index contributed by atoms with van der Waals surface area (Å²) in [6.07, 6.45) is 0. The predicted molar refractivity (Wildman–Crippen MR) is 9.19 cm³/mol. The van der Waals surface area contributed by atoms with E-state index in [1.807, 2.05) is 0 Å². The van der Waals surface area contributed by atoms with Crippen LogP contribution in [0.2, 0.25) is 0 Å². The van der Waals surface area contributed by atoms with E-state index in [-0.39, 0.29) is 127 Å². The van der Waals surface area contributed by atoms with Crippen LogP contribution in [0.4, 0.5) is 0 Å². The zero-order chi connectivity index (χ0) is 0. The molecule has 5 nitrogen and oxygen atoms in total. The van der Waals surface area contributed by atoms with Crippen molar-refractivity contribution in [2.24, 2.45) is 0 Å². The molecule has 8 heteroatoms. The molecule has 0 unspecified atom stereocenters. The molecule has 0 spiro atoms. The standard InChI is InChI=1S/La.5O.Sr.V/q+3;5*-2;+2;. The fourth-order valence-electron chi connectivity index (χ4n) is 0. The largest absolute Gasteiger partial charge is 3.00 e. The van der Waals surface area contributed by atoms with Crippen LogP contribution in [-0.4, -0.2) is 45.5 Å². The van der Waals surface area contributed by atoms with Gasteiger partial charge in [-0.2, -0.15) is 0 Å². The van der Waals surface area contributed by atoms with Gasteiger partial charge < -0.3 is 27.4 Å². The summed E-state index contributed by atoms with van der Waals surface area (Å²) in [7, 11) is 0. The summed E-state index contributed by atoms with van der Waals surface area (Å²) in [5.41, 5.74) is 0. The zero-order valence-electron chi connectivity index (χ0n) is 3.77. The van der Waals surface area contributed by atoms with Crippen molar-refractivity contribution >= 4 is 45.5 Å². The van der Waals surface area contributed by atoms with Crippen LogP contribution in [0.5, 0.6) is 0 Å². The smallest absolute Gasteiger partial charge is 2.00 e. The molecule has 0 fully saturated rings. The van der Waals surface area contributed by atoms with Crippen LogP contribution in [0.3, 0.4) is 0 Å². The van der Waals surface area contributed by atoms with Gasteiger partial charge in [0.15, 0.2) is 0 Å². The molecule has 0 bridgehead atoms. The maximum absolute atomic E-state index is 0. The Hall–Kier alpha value is 3.06. The van der Waals surface area contributed by atoms with E-state index < -0.39 is 0 Å². The van der Waals surface area contributed by atoms with Crippen molar-refractivity contribution in [2.75, 3.05) is 0 Å². The maximum Gasteiger partial charge on any atom is 3.00 e. The van der Waals surface area contributed by atoms with Crippen LogP contribution in [0.15, 0.2) is 0 Å². The van der Waals surface area contributed by atoms with E-state index in [0.29, 0.717) is 0 Å². The Morgan fingerprint density at radius 3 is 0.500 bits per heavy atom. The molecule has 8 heavy (non-hydrogen) atoms. The van der Waals surface area contributed by atoms with E-state index in [9.17, 15) is 0 Å². The Morgan fingerprint density at radius 2 is 0.500 bits per heavy atom. The number of hydrogen-bond acceptors (Lipinski definition) is 0. The van der Waals surface area contributed by atoms with Gasteiger partial charge in [-0.1, -0.05) is 0 Å². The zero-order valence-corrected chi connectivity index (χ0v) is 12.3. The number of hydrogen-bond donors (Lipinski definition) is 0. The third kappa shape index (κ3) is 62.9. The second kappa shape index (κ2) is 88.2. The molecule has 1 radical (unpaired) electrons. The van der Waals surface area contributed by atoms with Gasteiger partial charge in [-0.3, -0.25) is 0 Å². The maximum atomic E-state index is 0. The van der Waals surface area contributed by atoms with Crippen molar-refractivity contribution < 1.29 is 81.5 Å². The van der Waals surface area contributed by atoms with Gasteiger partial charge in [0.05, 0.1) is 0 Å². The quantitative estimate of drug-likeness (QED) is 0.491. The Labute approximate surface area is 124 Å². The van der Waals surface area contributed by atoms with Gasteiger partial charge in [-0.05, 0) is 0 Å². The molecule has 0 atom stereocenters. The van der Waals surface area contributed by atoms with Gasteiger partial charge in [0.1, 0.15) is 0 Å². The van der Waals surface area contributed by atoms with Crippen molar-refractivity contribution in [1.82, 2.24) is 0 Å².